The zero-order valence-electron chi connectivity index (χ0n) is 19.5. The summed E-state index contributed by atoms with van der Waals surface area (Å²) in [4.78, 5) is 29.9. The average Bonchev–Trinajstić information content (AvgIpc) is 3.05. The molecule has 2 unspecified atom stereocenters. The Hall–Kier alpha value is -3.99. The van der Waals surface area contributed by atoms with Gasteiger partial charge in [0.05, 0.1) is 24.6 Å². The van der Waals surface area contributed by atoms with Gasteiger partial charge in [0.25, 0.3) is 11.8 Å². The number of fused-ring (bicyclic) bond motifs is 1. The lowest BCUT2D eigenvalue weighted by Gasteiger charge is -2.36. The minimum atomic E-state index is -0.647. The van der Waals surface area contributed by atoms with Crippen molar-refractivity contribution in [2.24, 2.45) is 5.10 Å². The number of rotatable bonds is 6. The maximum Gasteiger partial charge on any atom is 0.259 e. The number of benzene rings is 2. The van der Waals surface area contributed by atoms with Crippen molar-refractivity contribution in [1.29, 1.82) is 5.41 Å². The van der Waals surface area contributed by atoms with Crippen molar-refractivity contribution in [3.05, 3.63) is 53.3 Å². The van der Waals surface area contributed by atoms with E-state index in [1.165, 1.54) is 18.3 Å². The number of carbonyl (C=O) groups is 2. The zero-order chi connectivity index (χ0) is 24.9. The van der Waals surface area contributed by atoms with E-state index in [4.69, 9.17) is 10.1 Å². The lowest BCUT2D eigenvalue weighted by Crippen LogP contribution is -2.56. The number of hydrogen-bond acceptors (Lipinski definition) is 8. The largest absolute Gasteiger partial charge is 0.497 e. The Bertz CT molecular complexity index is 1160. The third kappa shape index (κ3) is 5.09. The highest BCUT2D eigenvalue weighted by Crippen LogP contribution is 2.27. The number of carbonyl (C=O) groups excluding carboxylic acids is 2. The van der Waals surface area contributed by atoms with Crippen LogP contribution in [0.15, 0.2) is 41.5 Å². The van der Waals surface area contributed by atoms with Crippen LogP contribution in [0.3, 0.4) is 0 Å². The molecule has 0 radical (unpaired) electrons. The van der Waals surface area contributed by atoms with E-state index in [1.54, 1.807) is 30.2 Å². The smallest absolute Gasteiger partial charge is 0.259 e. The molecule has 1 fully saturated rings. The second-order valence-electron chi connectivity index (χ2n) is 8.32. The van der Waals surface area contributed by atoms with Gasteiger partial charge >= 0.3 is 0 Å². The molecule has 0 saturated carbocycles. The lowest BCUT2D eigenvalue weighted by molar-refractivity contribution is 0.0689. The van der Waals surface area contributed by atoms with Gasteiger partial charge in [-0.2, -0.15) is 5.10 Å². The predicted molar refractivity (Wildman–Crippen MR) is 132 cm³/mol. The van der Waals surface area contributed by atoms with Crippen LogP contribution in [0.4, 0.5) is 15.8 Å². The van der Waals surface area contributed by atoms with Gasteiger partial charge in [-0.05, 0) is 43.7 Å². The van der Waals surface area contributed by atoms with E-state index in [-0.39, 0.29) is 23.2 Å². The van der Waals surface area contributed by atoms with Crippen molar-refractivity contribution < 1.29 is 18.7 Å². The predicted octanol–water partition coefficient (Wildman–Crippen LogP) is 2.56. The molecule has 35 heavy (non-hydrogen) atoms. The molecule has 0 aliphatic carbocycles. The first-order valence-corrected chi connectivity index (χ1v) is 11.3. The molecule has 184 valence electrons. The third-order valence-corrected chi connectivity index (χ3v) is 6.21. The Labute approximate surface area is 202 Å². The van der Waals surface area contributed by atoms with E-state index in [2.05, 4.69) is 26.1 Å². The Morgan fingerprint density at radius 3 is 2.86 bits per heavy atom. The van der Waals surface area contributed by atoms with Gasteiger partial charge in [0.1, 0.15) is 17.1 Å². The van der Waals surface area contributed by atoms with Crippen molar-refractivity contribution in [3.8, 4) is 5.75 Å². The molecule has 2 heterocycles. The molecule has 0 spiro atoms. The minimum Gasteiger partial charge on any atom is -0.497 e. The van der Waals surface area contributed by atoms with E-state index in [0.717, 1.165) is 6.21 Å². The maximum absolute atomic E-state index is 14.7. The van der Waals surface area contributed by atoms with Crippen LogP contribution < -0.4 is 20.8 Å². The third-order valence-electron chi connectivity index (χ3n) is 6.21. The summed E-state index contributed by atoms with van der Waals surface area (Å²) in [5.74, 6) is -0.697. The summed E-state index contributed by atoms with van der Waals surface area (Å²) in [5, 5.41) is 17.2. The molecular weight excluding hydrogens is 453 g/mol. The molecule has 4 rings (SSSR count). The summed E-state index contributed by atoms with van der Waals surface area (Å²) in [6.07, 6.45) is 2.38. The molecular formula is C24H28FN7O3. The van der Waals surface area contributed by atoms with Gasteiger partial charge in [-0.15, -0.1) is 0 Å². The SMILES string of the molecule is COc1ccc2c(c1)C(=O)NC(N1CCC(C)N(C(=O)c3c(F)cccc3N/N=C\C=N)CC1)N2. The fourth-order valence-corrected chi connectivity index (χ4v) is 4.29. The topological polar surface area (TPSA) is 122 Å². The Morgan fingerprint density at radius 1 is 1.26 bits per heavy atom. The normalized spacial score (nSPS) is 20.4. The van der Waals surface area contributed by atoms with Crippen molar-refractivity contribution in [3.63, 3.8) is 0 Å². The van der Waals surface area contributed by atoms with Gasteiger partial charge in [0.2, 0.25) is 0 Å². The van der Waals surface area contributed by atoms with E-state index >= 15 is 0 Å². The van der Waals surface area contributed by atoms with Crippen LogP contribution in [0, 0.1) is 11.2 Å². The van der Waals surface area contributed by atoms with Crippen LogP contribution in [0.5, 0.6) is 5.75 Å². The van der Waals surface area contributed by atoms with Gasteiger partial charge in [0.15, 0.2) is 6.29 Å². The van der Waals surface area contributed by atoms with Crippen LogP contribution in [0.1, 0.15) is 34.1 Å². The van der Waals surface area contributed by atoms with Crippen LogP contribution in [-0.2, 0) is 0 Å². The monoisotopic (exact) mass is 481 g/mol. The van der Waals surface area contributed by atoms with Crippen LogP contribution in [-0.4, -0.2) is 73.1 Å². The first-order chi connectivity index (χ1) is 16.9. The second-order valence-corrected chi connectivity index (χ2v) is 8.32. The molecule has 2 aliphatic heterocycles. The number of methoxy groups -OCH3 is 1. The number of ether oxygens (including phenoxy) is 1. The minimum absolute atomic E-state index is 0.0955. The number of halogens is 1. The molecule has 0 aromatic heterocycles. The Balaban J connectivity index is 1.50. The van der Waals surface area contributed by atoms with Crippen LogP contribution in [0.2, 0.25) is 0 Å². The summed E-state index contributed by atoms with van der Waals surface area (Å²) < 4.78 is 19.9. The van der Waals surface area contributed by atoms with E-state index in [9.17, 15) is 14.0 Å². The van der Waals surface area contributed by atoms with Gasteiger partial charge in [0, 0.05) is 37.6 Å². The number of hydrazone groups is 1. The van der Waals surface area contributed by atoms with Gasteiger partial charge in [-0.1, -0.05) is 6.07 Å². The first-order valence-electron chi connectivity index (χ1n) is 11.3. The molecule has 2 atom stereocenters. The highest BCUT2D eigenvalue weighted by atomic mass is 19.1. The lowest BCUT2D eigenvalue weighted by atomic mass is 10.1. The van der Waals surface area contributed by atoms with E-state index in [0.29, 0.717) is 43.1 Å². The molecule has 2 amide bonds. The fraction of sp³-hybridized carbons (Fsp3) is 0.333. The summed E-state index contributed by atoms with van der Waals surface area (Å²) in [6.45, 7) is 3.38. The van der Waals surface area contributed by atoms with E-state index < -0.39 is 18.0 Å². The second kappa shape index (κ2) is 10.5. The summed E-state index contributed by atoms with van der Waals surface area (Å²) in [6, 6.07) is 9.43. The average molecular weight is 482 g/mol. The Kier molecular flexibility index (Phi) is 7.25. The number of amides is 2. The zero-order valence-corrected chi connectivity index (χ0v) is 19.5. The molecule has 11 heteroatoms. The van der Waals surface area contributed by atoms with Gasteiger partial charge in [-0.3, -0.25) is 19.9 Å². The van der Waals surface area contributed by atoms with Crippen LogP contribution in [0.25, 0.3) is 0 Å². The van der Waals surface area contributed by atoms with E-state index in [1.807, 2.05) is 13.0 Å². The summed E-state index contributed by atoms with van der Waals surface area (Å²) >= 11 is 0. The number of hydrogen-bond donors (Lipinski definition) is 4. The Morgan fingerprint density at radius 2 is 2.09 bits per heavy atom. The van der Waals surface area contributed by atoms with Crippen LogP contribution >= 0.6 is 0 Å². The highest BCUT2D eigenvalue weighted by Gasteiger charge is 2.33. The summed E-state index contributed by atoms with van der Waals surface area (Å²) in [7, 11) is 1.55. The molecule has 10 nitrogen and oxygen atoms in total. The molecule has 2 aromatic carbocycles. The standard InChI is InChI=1S/C24H28FN7O3/c1-15-8-11-31(24-28-19-7-6-16(35-2)14-17(19)22(33)29-24)12-13-32(15)23(34)21-18(25)4-3-5-20(21)30-27-10-9-26/h3-7,9-10,14-15,24,26,28,30H,8,11-13H2,1-2H3,(H,29,33)/b26-9?,27-10-. The molecule has 4 N–H and O–H groups in total. The quantitative estimate of drug-likeness (QED) is 0.372. The number of nitrogens with zero attached hydrogens (tertiary/aromatic N) is 3. The highest BCUT2D eigenvalue weighted by molar-refractivity contribution is 6.14. The van der Waals surface area contributed by atoms with Gasteiger partial charge in [-0.25, -0.2) is 4.39 Å². The van der Waals surface area contributed by atoms with Crippen molar-refractivity contribution >= 4 is 35.6 Å². The number of anilines is 2. The molecule has 2 aliphatic rings. The maximum atomic E-state index is 14.7. The van der Waals surface area contributed by atoms with Crippen molar-refractivity contribution in [2.75, 3.05) is 37.5 Å². The molecule has 1 saturated heterocycles. The van der Waals surface area contributed by atoms with Crippen molar-refractivity contribution in [2.45, 2.75) is 25.7 Å². The first kappa shape index (κ1) is 24.1. The number of nitrogens with one attached hydrogen (secondary N) is 4. The van der Waals surface area contributed by atoms with Crippen molar-refractivity contribution in [1.82, 2.24) is 15.1 Å². The molecule has 2 aromatic rings. The fourth-order valence-electron chi connectivity index (χ4n) is 4.29. The summed E-state index contributed by atoms with van der Waals surface area (Å²) in [5.41, 5.74) is 3.99. The van der Waals surface area contributed by atoms with Gasteiger partial charge < -0.3 is 25.7 Å². The molecule has 0 bridgehead atoms.